The molecule has 0 heterocycles. The lowest BCUT2D eigenvalue weighted by molar-refractivity contribution is -0.109. The van der Waals surface area contributed by atoms with E-state index in [2.05, 4.69) is 0 Å². The Morgan fingerprint density at radius 3 is 1.37 bits per heavy atom. The summed E-state index contributed by atoms with van der Waals surface area (Å²) in [5, 5.41) is 9.81. The second-order valence-electron chi connectivity index (χ2n) is 11.3. The van der Waals surface area contributed by atoms with Gasteiger partial charge in [-0.2, -0.15) is 8.42 Å². The first-order chi connectivity index (χ1) is 17.9. The number of hydrogen-bond acceptors (Lipinski definition) is 8. The Morgan fingerprint density at radius 2 is 1.05 bits per heavy atom. The van der Waals surface area contributed by atoms with E-state index in [4.69, 9.17) is 9.29 Å². The monoisotopic (exact) mass is 598 g/mol. The van der Waals surface area contributed by atoms with Crippen molar-refractivity contribution in [2.75, 3.05) is 12.5 Å². The maximum Gasteiger partial charge on any atom is 0.264 e. The molecule has 4 rings (SSSR count). The van der Waals surface area contributed by atoms with Crippen molar-refractivity contribution in [3.63, 3.8) is 0 Å². The van der Waals surface area contributed by atoms with Crippen LogP contribution >= 0.6 is 11.8 Å². The van der Waals surface area contributed by atoms with Gasteiger partial charge >= 0.3 is 0 Å². The van der Waals surface area contributed by atoms with Gasteiger partial charge in [-0.05, 0) is 51.4 Å². The minimum atomic E-state index is -3.22. The van der Waals surface area contributed by atoms with Crippen LogP contribution in [0.25, 0.3) is 0 Å². The van der Waals surface area contributed by atoms with Crippen molar-refractivity contribution >= 4 is 36.8 Å². The van der Waals surface area contributed by atoms with E-state index < -0.39 is 20.0 Å². The van der Waals surface area contributed by atoms with Gasteiger partial charge < -0.3 is 5.11 Å². The number of carbonyl (C=O) groups is 1. The van der Waals surface area contributed by atoms with Crippen LogP contribution < -0.4 is 0 Å². The first kappa shape index (κ1) is 35.9. The fourth-order valence-corrected chi connectivity index (χ4v) is 8.32. The zero-order valence-electron chi connectivity index (χ0n) is 24.1. The van der Waals surface area contributed by atoms with E-state index in [0.29, 0.717) is 5.25 Å². The second-order valence-corrected chi connectivity index (χ2v) is 16.7. The van der Waals surface area contributed by atoms with Gasteiger partial charge in [0.25, 0.3) is 10.1 Å². The molecular weight excluding hydrogens is 545 g/mol. The molecule has 4 aliphatic carbocycles. The van der Waals surface area contributed by atoms with E-state index in [1.165, 1.54) is 82.2 Å². The predicted octanol–water partition coefficient (Wildman–Crippen LogP) is 6.57. The van der Waals surface area contributed by atoms with Gasteiger partial charge in [0.05, 0.1) is 23.7 Å². The number of aliphatic hydroxyl groups is 1. The van der Waals surface area contributed by atoms with E-state index in [0.717, 1.165) is 70.5 Å². The summed E-state index contributed by atoms with van der Waals surface area (Å²) in [7, 11) is -5.95. The molecule has 7 nitrogen and oxygen atoms in total. The van der Waals surface area contributed by atoms with E-state index in [9.17, 15) is 21.6 Å². The summed E-state index contributed by atoms with van der Waals surface area (Å²) in [6, 6.07) is 0. The molecule has 0 radical (unpaired) electrons. The molecule has 0 aromatic heterocycles. The van der Waals surface area contributed by atoms with Gasteiger partial charge in [0.2, 0.25) is 0 Å². The van der Waals surface area contributed by atoms with Crippen LogP contribution in [0.5, 0.6) is 0 Å². The summed E-state index contributed by atoms with van der Waals surface area (Å²) in [5.41, 5.74) is 0. The fraction of sp³-hybridized carbons (Fsp3) is 0.964. The highest BCUT2D eigenvalue weighted by molar-refractivity contribution is 8.14. The highest BCUT2D eigenvalue weighted by Gasteiger charge is 2.22. The molecule has 0 aromatic carbocycles. The van der Waals surface area contributed by atoms with Crippen molar-refractivity contribution in [2.45, 2.75) is 158 Å². The van der Waals surface area contributed by atoms with Crippen LogP contribution in [0.4, 0.5) is 0 Å². The average molecular weight is 599 g/mol. The Bertz CT molecular complexity index is 819. The molecule has 0 unspecified atom stereocenters. The quantitative estimate of drug-likeness (QED) is 0.361. The minimum absolute atomic E-state index is 0.0266. The van der Waals surface area contributed by atoms with E-state index in [1.54, 1.807) is 6.92 Å². The van der Waals surface area contributed by atoms with Crippen LogP contribution in [0.3, 0.4) is 0 Å². The molecule has 1 N–H and O–H groups in total. The van der Waals surface area contributed by atoms with Crippen LogP contribution in [0.2, 0.25) is 0 Å². The van der Waals surface area contributed by atoms with Crippen LogP contribution in [-0.2, 0) is 28.9 Å². The maximum atomic E-state index is 11.0. The van der Waals surface area contributed by atoms with Crippen LogP contribution in [0.1, 0.15) is 135 Å². The second kappa shape index (κ2) is 19.8. The Hall–Kier alpha value is -0.160. The van der Waals surface area contributed by atoms with Crippen molar-refractivity contribution in [3.8, 4) is 0 Å². The Morgan fingerprint density at radius 1 is 0.658 bits per heavy atom. The lowest BCUT2D eigenvalue weighted by Crippen LogP contribution is -2.22. The van der Waals surface area contributed by atoms with Crippen molar-refractivity contribution in [1.82, 2.24) is 0 Å². The maximum absolute atomic E-state index is 11.0. The molecule has 0 aliphatic heterocycles. The van der Waals surface area contributed by atoms with E-state index >= 15 is 0 Å². The zero-order valence-corrected chi connectivity index (χ0v) is 26.5. The Labute approximate surface area is 237 Å². The standard InChI is InChI=1S/C8H14OS.C7H14O3S.C7H14O2S.C6H12O/c1-7(9)10-8-5-3-2-4-6-8;1-11(8,9)10-7-5-3-2-4-6-7;1-10(8,9)7-5-3-2-4-6-7;7-6-4-2-1-3-5-6/h8H,2-6H2,1H3;7H,2-6H2,1H3;7H,2-6H2,1H3;6-7H,1-5H2. The third-order valence-corrected chi connectivity index (χ3v) is 10.9. The first-order valence-electron chi connectivity index (χ1n) is 14.8. The van der Waals surface area contributed by atoms with Gasteiger partial charge in [0, 0.05) is 18.4 Å². The van der Waals surface area contributed by atoms with Crippen molar-refractivity contribution in [2.24, 2.45) is 0 Å². The highest BCUT2D eigenvalue weighted by atomic mass is 32.2. The molecule has 0 atom stereocenters. The molecular formula is C28H54O7S3. The third-order valence-electron chi connectivity index (χ3n) is 7.48. The van der Waals surface area contributed by atoms with E-state index in [-0.39, 0.29) is 22.6 Å². The molecule has 4 aliphatic rings. The Kier molecular flexibility index (Phi) is 18.7. The molecule has 38 heavy (non-hydrogen) atoms. The van der Waals surface area contributed by atoms with Crippen molar-refractivity contribution in [1.29, 1.82) is 0 Å². The smallest absolute Gasteiger partial charge is 0.264 e. The Balaban J connectivity index is 0.000000256. The molecule has 0 amide bonds. The number of thioether (sulfide) groups is 1. The fourth-order valence-electron chi connectivity index (χ4n) is 5.40. The van der Waals surface area contributed by atoms with Crippen molar-refractivity contribution in [3.05, 3.63) is 0 Å². The van der Waals surface area contributed by atoms with Gasteiger partial charge in [-0.3, -0.25) is 8.98 Å². The van der Waals surface area contributed by atoms with Crippen LogP contribution in [0, 0.1) is 0 Å². The number of rotatable bonds is 4. The normalized spacial score (nSPS) is 22.5. The minimum Gasteiger partial charge on any atom is -0.393 e. The van der Waals surface area contributed by atoms with Gasteiger partial charge in [-0.15, -0.1) is 0 Å². The van der Waals surface area contributed by atoms with Gasteiger partial charge in [0.15, 0.2) is 5.12 Å². The number of hydrogen-bond donors (Lipinski definition) is 1. The summed E-state index contributed by atoms with van der Waals surface area (Å²) in [6.45, 7) is 1.67. The molecule has 226 valence electrons. The summed E-state index contributed by atoms with van der Waals surface area (Å²) in [4.78, 5) is 10.7. The third kappa shape index (κ3) is 19.8. The highest BCUT2D eigenvalue weighted by Crippen LogP contribution is 2.28. The molecule has 10 heteroatoms. The summed E-state index contributed by atoms with van der Waals surface area (Å²) in [6.07, 6.45) is 25.2. The number of sulfone groups is 1. The number of aliphatic hydroxyl groups excluding tert-OH is 1. The zero-order chi connectivity index (χ0) is 28.4. The largest absolute Gasteiger partial charge is 0.393 e. The summed E-state index contributed by atoms with van der Waals surface area (Å²) in [5.74, 6) is 0. The van der Waals surface area contributed by atoms with Crippen LogP contribution in [0.15, 0.2) is 0 Å². The lowest BCUT2D eigenvalue weighted by Gasteiger charge is -2.19. The van der Waals surface area contributed by atoms with E-state index in [1.807, 2.05) is 0 Å². The average Bonchev–Trinajstić information content (AvgIpc) is 2.86. The molecule has 0 saturated heterocycles. The van der Waals surface area contributed by atoms with Gasteiger partial charge in [0.1, 0.15) is 9.84 Å². The van der Waals surface area contributed by atoms with Gasteiger partial charge in [-0.1, -0.05) is 88.8 Å². The number of carbonyl (C=O) groups excluding carboxylic acids is 1. The molecule has 4 saturated carbocycles. The molecule has 4 fully saturated rings. The van der Waals surface area contributed by atoms with Gasteiger partial charge in [-0.25, -0.2) is 8.42 Å². The summed E-state index contributed by atoms with van der Waals surface area (Å²) >= 11 is 1.54. The van der Waals surface area contributed by atoms with Crippen molar-refractivity contribution < 1.29 is 30.9 Å². The first-order valence-corrected chi connectivity index (χ1v) is 19.4. The molecule has 0 bridgehead atoms. The SMILES string of the molecule is CC(=O)SC1CCCCC1.CS(=O)(=O)C1CCCCC1.CS(=O)(=O)OC1CCCCC1.OC1CCCCC1. The molecule has 0 spiro atoms. The van der Waals surface area contributed by atoms with Crippen LogP contribution in [-0.4, -0.2) is 62.3 Å². The molecule has 0 aromatic rings. The topological polar surface area (TPSA) is 115 Å². The lowest BCUT2D eigenvalue weighted by atomic mass is 9.98. The predicted molar refractivity (Wildman–Crippen MR) is 159 cm³/mol. The summed E-state index contributed by atoms with van der Waals surface area (Å²) < 4.78 is 48.2.